The third-order valence-corrected chi connectivity index (χ3v) is 5.68. The number of carboxylic acid groups (broad SMARTS) is 1. The Bertz CT molecular complexity index is 509. The van der Waals surface area contributed by atoms with E-state index in [2.05, 4.69) is 6.58 Å². The summed E-state index contributed by atoms with van der Waals surface area (Å²) < 4.78 is 28.2. The molecule has 0 aromatic rings. The Labute approximate surface area is 118 Å². The minimum Gasteiger partial charge on any atom is -0.480 e. The predicted molar refractivity (Wildman–Crippen MR) is 72.8 cm³/mol. The normalized spacial score (nSPS) is 25.4. The second kappa shape index (κ2) is 5.95. The summed E-state index contributed by atoms with van der Waals surface area (Å²) in [7, 11) is -3.31. The summed E-state index contributed by atoms with van der Waals surface area (Å²) >= 11 is 0. The molecule has 0 aliphatic carbocycles. The van der Waals surface area contributed by atoms with Gasteiger partial charge in [-0.1, -0.05) is 13.0 Å². The van der Waals surface area contributed by atoms with Crippen molar-refractivity contribution >= 4 is 21.8 Å². The van der Waals surface area contributed by atoms with E-state index in [-0.39, 0.29) is 24.5 Å². The van der Waals surface area contributed by atoms with E-state index >= 15 is 0 Å². The number of ether oxygens (including phenoxy) is 1. The Morgan fingerprint density at radius 3 is 2.50 bits per heavy atom. The first-order valence-corrected chi connectivity index (χ1v) is 8.28. The zero-order valence-electron chi connectivity index (χ0n) is 11.7. The smallest absolute Gasteiger partial charge is 0.324 e. The van der Waals surface area contributed by atoms with Crippen LogP contribution in [0.2, 0.25) is 0 Å². The molecule has 0 aromatic heterocycles. The van der Waals surface area contributed by atoms with Gasteiger partial charge >= 0.3 is 11.9 Å². The molecule has 0 saturated carbocycles. The van der Waals surface area contributed by atoms with Crippen LogP contribution in [0.3, 0.4) is 0 Å². The van der Waals surface area contributed by atoms with Gasteiger partial charge in [-0.2, -0.15) is 0 Å². The summed E-state index contributed by atoms with van der Waals surface area (Å²) in [4.78, 5) is 24.1. The maximum atomic E-state index is 12.3. The van der Waals surface area contributed by atoms with Gasteiger partial charge in [0.15, 0.2) is 15.3 Å². The van der Waals surface area contributed by atoms with Crippen LogP contribution in [0.5, 0.6) is 0 Å². The zero-order chi connectivity index (χ0) is 15.6. The molecule has 114 valence electrons. The SMILES string of the molecule is C=CC(C)C(C(=O)O)(C(=O)OCC)C1CCS(=O)(=O)C1. The lowest BCUT2D eigenvalue weighted by Gasteiger charge is -2.35. The summed E-state index contributed by atoms with van der Waals surface area (Å²) in [6.07, 6.45) is 1.50. The van der Waals surface area contributed by atoms with Gasteiger partial charge in [-0.25, -0.2) is 8.42 Å². The van der Waals surface area contributed by atoms with Crippen LogP contribution in [0.4, 0.5) is 0 Å². The van der Waals surface area contributed by atoms with Gasteiger partial charge < -0.3 is 9.84 Å². The lowest BCUT2D eigenvalue weighted by atomic mass is 9.66. The predicted octanol–water partition coefficient (Wildman–Crippen LogP) is 0.877. The topological polar surface area (TPSA) is 97.7 Å². The molecule has 1 rings (SSSR count). The molecule has 1 N–H and O–H groups in total. The number of aliphatic carboxylic acids is 1. The first-order valence-electron chi connectivity index (χ1n) is 6.46. The molecule has 7 heteroatoms. The van der Waals surface area contributed by atoms with Crippen molar-refractivity contribution in [3.8, 4) is 0 Å². The quantitative estimate of drug-likeness (QED) is 0.444. The van der Waals surface area contributed by atoms with Crippen molar-refractivity contribution in [3.05, 3.63) is 12.7 Å². The van der Waals surface area contributed by atoms with Crippen molar-refractivity contribution in [2.45, 2.75) is 20.3 Å². The molecule has 3 atom stereocenters. The van der Waals surface area contributed by atoms with Crippen LogP contribution in [0.25, 0.3) is 0 Å². The van der Waals surface area contributed by atoms with Crippen LogP contribution < -0.4 is 0 Å². The van der Waals surface area contributed by atoms with Gasteiger partial charge in [0.05, 0.1) is 18.1 Å². The summed E-state index contributed by atoms with van der Waals surface area (Å²) in [6, 6.07) is 0. The van der Waals surface area contributed by atoms with Crippen LogP contribution in [-0.4, -0.2) is 43.6 Å². The van der Waals surface area contributed by atoms with E-state index in [1.807, 2.05) is 0 Å². The van der Waals surface area contributed by atoms with E-state index in [1.54, 1.807) is 13.8 Å². The number of allylic oxidation sites excluding steroid dienone is 1. The highest BCUT2D eigenvalue weighted by molar-refractivity contribution is 7.91. The number of esters is 1. The summed E-state index contributed by atoms with van der Waals surface area (Å²) in [6.45, 7) is 6.70. The van der Waals surface area contributed by atoms with E-state index in [1.165, 1.54) is 6.08 Å². The minimum atomic E-state index is -3.31. The van der Waals surface area contributed by atoms with Crippen molar-refractivity contribution in [2.75, 3.05) is 18.1 Å². The number of rotatable bonds is 6. The van der Waals surface area contributed by atoms with E-state index in [9.17, 15) is 23.1 Å². The first-order chi connectivity index (χ1) is 9.22. The third-order valence-electron chi connectivity index (χ3n) is 3.92. The minimum absolute atomic E-state index is 0.0389. The Balaban J connectivity index is 3.34. The molecule has 1 aliphatic heterocycles. The fourth-order valence-corrected chi connectivity index (χ4v) is 4.62. The van der Waals surface area contributed by atoms with Crippen molar-refractivity contribution < 1.29 is 27.9 Å². The maximum Gasteiger partial charge on any atom is 0.324 e. The number of sulfone groups is 1. The van der Waals surface area contributed by atoms with Crippen molar-refractivity contribution in [1.29, 1.82) is 0 Å². The Hall–Kier alpha value is -1.37. The van der Waals surface area contributed by atoms with Crippen molar-refractivity contribution in [1.82, 2.24) is 0 Å². The van der Waals surface area contributed by atoms with Crippen LogP contribution in [0.15, 0.2) is 12.7 Å². The lowest BCUT2D eigenvalue weighted by Crippen LogP contribution is -2.51. The van der Waals surface area contributed by atoms with Gasteiger partial charge in [0.2, 0.25) is 0 Å². The fourth-order valence-electron chi connectivity index (χ4n) is 2.77. The van der Waals surface area contributed by atoms with Gasteiger partial charge in [0.1, 0.15) is 0 Å². The zero-order valence-corrected chi connectivity index (χ0v) is 12.5. The van der Waals surface area contributed by atoms with Gasteiger partial charge in [-0.15, -0.1) is 6.58 Å². The van der Waals surface area contributed by atoms with E-state index in [0.29, 0.717) is 0 Å². The van der Waals surface area contributed by atoms with Crippen LogP contribution in [0.1, 0.15) is 20.3 Å². The molecule has 1 fully saturated rings. The first kappa shape index (κ1) is 16.7. The highest BCUT2D eigenvalue weighted by atomic mass is 32.2. The Morgan fingerprint density at radius 1 is 1.55 bits per heavy atom. The van der Waals surface area contributed by atoms with Crippen molar-refractivity contribution in [2.24, 2.45) is 17.3 Å². The largest absolute Gasteiger partial charge is 0.480 e. The molecule has 0 radical (unpaired) electrons. The number of hydrogen-bond acceptors (Lipinski definition) is 5. The summed E-state index contributed by atoms with van der Waals surface area (Å²) in [5, 5.41) is 9.61. The average Bonchev–Trinajstić information content (AvgIpc) is 2.70. The summed E-state index contributed by atoms with van der Waals surface area (Å²) in [5.41, 5.74) is -1.89. The monoisotopic (exact) mass is 304 g/mol. The summed E-state index contributed by atoms with van der Waals surface area (Å²) in [5.74, 6) is -4.17. The van der Waals surface area contributed by atoms with Crippen molar-refractivity contribution in [3.63, 3.8) is 0 Å². The molecular weight excluding hydrogens is 284 g/mol. The highest BCUT2D eigenvalue weighted by Gasteiger charge is 2.59. The second-order valence-corrected chi connectivity index (χ2v) is 7.25. The average molecular weight is 304 g/mol. The van der Waals surface area contributed by atoms with Gasteiger partial charge in [0, 0.05) is 11.8 Å². The molecule has 0 aromatic carbocycles. The highest BCUT2D eigenvalue weighted by Crippen LogP contribution is 2.44. The molecule has 3 unspecified atom stereocenters. The second-order valence-electron chi connectivity index (χ2n) is 5.02. The van der Waals surface area contributed by atoms with E-state index in [0.717, 1.165) is 0 Å². The number of hydrogen-bond donors (Lipinski definition) is 1. The third kappa shape index (κ3) is 2.72. The molecular formula is C13H20O6S. The molecule has 0 bridgehead atoms. The molecule has 1 saturated heterocycles. The fraction of sp³-hybridized carbons (Fsp3) is 0.692. The molecule has 1 aliphatic rings. The van der Waals surface area contributed by atoms with Crippen LogP contribution >= 0.6 is 0 Å². The maximum absolute atomic E-state index is 12.3. The number of carbonyl (C=O) groups excluding carboxylic acids is 1. The van der Waals surface area contributed by atoms with E-state index < -0.39 is 39.0 Å². The number of carbonyl (C=O) groups is 2. The van der Waals surface area contributed by atoms with Crippen LogP contribution in [-0.2, 0) is 24.2 Å². The Morgan fingerprint density at radius 2 is 2.15 bits per heavy atom. The van der Waals surface area contributed by atoms with Gasteiger partial charge in [-0.3, -0.25) is 9.59 Å². The standard InChI is InChI=1S/C13H20O6S/c1-4-9(3)13(11(14)15,12(16)19-5-2)10-6-7-20(17,18)8-10/h4,9-10H,1,5-8H2,2-3H3,(H,14,15). The number of carboxylic acids is 1. The van der Waals surface area contributed by atoms with Crippen LogP contribution in [0, 0.1) is 17.3 Å². The van der Waals surface area contributed by atoms with Gasteiger partial charge in [-0.05, 0) is 13.3 Å². The Kier molecular flexibility index (Phi) is 4.96. The molecule has 1 heterocycles. The molecule has 6 nitrogen and oxygen atoms in total. The van der Waals surface area contributed by atoms with Gasteiger partial charge in [0.25, 0.3) is 0 Å². The molecule has 0 spiro atoms. The lowest BCUT2D eigenvalue weighted by molar-refractivity contribution is -0.176. The molecule has 0 amide bonds. The van der Waals surface area contributed by atoms with E-state index in [4.69, 9.17) is 4.74 Å². The molecule has 20 heavy (non-hydrogen) atoms.